The molecule has 4 heteroatoms. The number of halogens is 2. The fourth-order valence-electron chi connectivity index (χ4n) is 2.49. The van der Waals surface area contributed by atoms with Gasteiger partial charge in [-0.2, -0.15) is 0 Å². The van der Waals surface area contributed by atoms with E-state index in [1.807, 2.05) is 0 Å². The molecule has 1 N–H and O–H groups in total. The molecule has 0 heterocycles. The second-order valence-corrected chi connectivity index (χ2v) is 6.24. The molecule has 0 unspecified atom stereocenters. The van der Waals surface area contributed by atoms with Crippen molar-refractivity contribution in [1.29, 1.82) is 0 Å². The zero-order chi connectivity index (χ0) is 13.6. The molecule has 0 radical (unpaired) electrons. The number of benzene rings is 2. The van der Waals surface area contributed by atoms with Crippen molar-refractivity contribution in [3.8, 4) is 11.1 Å². The Labute approximate surface area is 128 Å². The van der Waals surface area contributed by atoms with Crippen molar-refractivity contribution in [3.63, 3.8) is 0 Å². The number of amides is 1. The van der Waals surface area contributed by atoms with E-state index in [0.29, 0.717) is 0 Å². The summed E-state index contributed by atoms with van der Waals surface area (Å²) in [5.74, 6) is -0.0724. The van der Waals surface area contributed by atoms with Gasteiger partial charge in [-0.25, -0.2) is 0 Å². The predicted octanol–water partition coefficient (Wildman–Crippen LogP) is 4.74. The fraction of sp³-hybridized carbons (Fsp3) is 0.133. The predicted molar refractivity (Wildman–Crippen MR) is 84.4 cm³/mol. The van der Waals surface area contributed by atoms with E-state index in [0.717, 1.165) is 21.1 Å². The zero-order valence-electron chi connectivity index (χ0n) is 10.3. The SMILES string of the molecule is CC(=O)Nc1c(Br)cc2c(c1Br)Cc1ccccc1-2. The lowest BCUT2D eigenvalue weighted by molar-refractivity contribution is -0.114. The first-order valence-electron chi connectivity index (χ1n) is 5.94. The van der Waals surface area contributed by atoms with E-state index in [-0.39, 0.29) is 5.91 Å². The minimum atomic E-state index is -0.0724. The third kappa shape index (κ3) is 2.13. The van der Waals surface area contributed by atoms with Crippen molar-refractivity contribution in [2.45, 2.75) is 13.3 Å². The molecule has 1 aliphatic rings. The average Bonchev–Trinajstić information content (AvgIpc) is 2.73. The number of carbonyl (C=O) groups is 1. The van der Waals surface area contributed by atoms with Gasteiger partial charge in [0.1, 0.15) is 0 Å². The van der Waals surface area contributed by atoms with Crippen molar-refractivity contribution in [2.24, 2.45) is 0 Å². The van der Waals surface area contributed by atoms with E-state index in [2.05, 4.69) is 67.5 Å². The standard InChI is InChI=1S/C15H11Br2NO/c1-8(19)18-15-13(16)7-11-10-5-3-2-4-9(10)6-12(11)14(15)17/h2-5,7H,6H2,1H3,(H,18,19). The molecule has 0 aliphatic heterocycles. The summed E-state index contributed by atoms with van der Waals surface area (Å²) in [5, 5.41) is 2.87. The van der Waals surface area contributed by atoms with Crippen LogP contribution < -0.4 is 5.32 Å². The second-order valence-electron chi connectivity index (χ2n) is 4.59. The highest BCUT2D eigenvalue weighted by Gasteiger charge is 2.23. The lowest BCUT2D eigenvalue weighted by Gasteiger charge is -2.12. The molecular weight excluding hydrogens is 370 g/mol. The van der Waals surface area contributed by atoms with Gasteiger partial charge in [0.2, 0.25) is 5.91 Å². The highest BCUT2D eigenvalue weighted by Crippen LogP contribution is 2.46. The van der Waals surface area contributed by atoms with Gasteiger partial charge in [0.05, 0.1) is 5.69 Å². The number of carbonyl (C=O) groups excluding carboxylic acids is 1. The number of anilines is 1. The Morgan fingerprint density at radius 3 is 2.68 bits per heavy atom. The Balaban J connectivity index is 2.20. The summed E-state index contributed by atoms with van der Waals surface area (Å²) in [7, 11) is 0. The van der Waals surface area contributed by atoms with Gasteiger partial charge in [-0.1, -0.05) is 24.3 Å². The quantitative estimate of drug-likeness (QED) is 0.648. The molecule has 1 aliphatic carbocycles. The maximum atomic E-state index is 11.3. The molecule has 1 amide bonds. The van der Waals surface area contributed by atoms with Gasteiger partial charge in [0.15, 0.2) is 0 Å². The van der Waals surface area contributed by atoms with E-state index in [1.165, 1.54) is 29.2 Å². The number of hydrogen-bond acceptors (Lipinski definition) is 1. The van der Waals surface area contributed by atoms with Gasteiger partial charge in [-0.05, 0) is 66.6 Å². The molecule has 0 saturated carbocycles. The maximum Gasteiger partial charge on any atom is 0.221 e. The summed E-state index contributed by atoms with van der Waals surface area (Å²) < 4.78 is 1.85. The number of fused-ring (bicyclic) bond motifs is 3. The van der Waals surface area contributed by atoms with Gasteiger partial charge in [-0.15, -0.1) is 0 Å². The highest BCUT2D eigenvalue weighted by molar-refractivity contribution is 9.11. The number of nitrogens with one attached hydrogen (secondary N) is 1. The second kappa shape index (κ2) is 4.76. The van der Waals surface area contributed by atoms with E-state index in [4.69, 9.17) is 0 Å². The number of rotatable bonds is 1. The largest absolute Gasteiger partial charge is 0.324 e. The zero-order valence-corrected chi connectivity index (χ0v) is 13.4. The fourth-order valence-corrected chi connectivity index (χ4v) is 3.95. The van der Waals surface area contributed by atoms with Crippen molar-refractivity contribution in [2.75, 3.05) is 5.32 Å². The van der Waals surface area contributed by atoms with Crippen molar-refractivity contribution in [3.05, 3.63) is 50.4 Å². The summed E-state index contributed by atoms with van der Waals surface area (Å²) in [4.78, 5) is 11.3. The molecule has 2 aromatic rings. The van der Waals surface area contributed by atoms with Crippen LogP contribution in [0.5, 0.6) is 0 Å². The van der Waals surface area contributed by atoms with E-state index in [9.17, 15) is 4.79 Å². The van der Waals surface area contributed by atoms with Crippen molar-refractivity contribution in [1.82, 2.24) is 0 Å². The number of hydrogen-bond donors (Lipinski definition) is 1. The van der Waals surface area contributed by atoms with Gasteiger partial charge >= 0.3 is 0 Å². The summed E-state index contributed by atoms with van der Waals surface area (Å²) >= 11 is 7.16. The Morgan fingerprint density at radius 2 is 1.95 bits per heavy atom. The van der Waals surface area contributed by atoms with Crippen LogP contribution in [0.15, 0.2) is 39.3 Å². The lowest BCUT2D eigenvalue weighted by Crippen LogP contribution is -2.08. The molecule has 96 valence electrons. The molecule has 0 spiro atoms. The van der Waals surface area contributed by atoms with Gasteiger partial charge in [0, 0.05) is 15.9 Å². The monoisotopic (exact) mass is 379 g/mol. The molecule has 0 fully saturated rings. The van der Waals surface area contributed by atoms with Crippen LogP contribution >= 0.6 is 31.9 Å². The Hall–Kier alpha value is -1.13. The van der Waals surface area contributed by atoms with Crippen LogP contribution in [0.3, 0.4) is 0 Å². The molecule has 0 aromatic heterocycles. The summed E-state index contributed by atoms with van der Waals surface area (Å²) in [6, 6.07) is 10.5. The molecule has 3 rings (SSSR count). The Bertz CT molecular complexity index is 695. The summed E-state index contributed by atoms with van der Waals surface area (Å²) in [6.07, 6.45) is 0.895. The normalized spacial score (nSPS) is 11.9. The van der Waals surface area contributed by atoms with E-state index < -0.39 is 0 Å². The molecule has 0 atom stereocenters. The molecular formula is C15H11Br2NO. The average molecular weight is 381 g/mol. The third-order valence-electron chi connectivity index (χ3n) is 3.30. The van der Waals surface area contributed by atoms with E-state index >= 15 is 0 Å². The van der Waals surface area contributed by atoms with Crippen molar-refractivity contribution < 1.29 is 4.79 Å². The molecule has 2 aromatic carbocycles. The van der Waals surface area contributed by atoms with Crippen LogP contribution in [-0.2, 0) is 11.2 Å². The van der Waals surface area contributed by atoms with Crippen molar-refractivity contribution >= 4 is 43.5 Å². The minimum absolute atomic E-state index is 0.0724. The molecule has 0 saturated heterocycles. The van der Waals surface area contributed by atoms with Crippen LogP contribution in [0, 0.1) is 0 Å². The molecule has 19 heavy (non-hydrogen) atoms. The first-order chi connectivity index (χ1) is 9.08. The Morgan fingerprint density at radius 1 is 1.21 bits per heavy atom. The Kier molecular flexibility index (Phi) is 3.23. The summed E-state index contributed by atoms with van der Waals surface area (Å²) in [6.45, 7) is 1.51. The smallest absolute Gasteiger partial charge is 0.221 e. The van der Waals surface area contributed by atoms with Gasteiger partial charge < -0.3 is 5.32 Å². The minimum Gasteiger partial charge on any atom is -0.324 e. The van der Waals surface area contributed by atoms with Crippen LogP contribution in [0.4, 0.5) is 5.69 Å². The third-order valence-corrected chi connectivity index (χ3v) is 4.80. The summed E-state index contributed by atoms with van der Waals surface area (Å²) in [5.41, 5.74) is 5.86. The first-order valence-corrected chi connectivity index (χ1v) is 7.53. The molecule has 0 bridgehead atoms. The van der Waals surface area contributed by atoms with Crippen LogP contribution in [0.25, 0.3) is 11.1 Å². The topological polar surface area (TPSA) is 29.1 Å². The van der Waals surface area contributed by atoms with E-state index in [1.54, 1.807) is 0 Å². The maximum absolute atomic E-state index is 11.3. The van der Waals surface area contributed by atoms with Crippen LogP contribution in [-0.4, -0.2) is 5.91 Å². The lowest BCUT2D eigenvalue weighted by atomic mass is 10.1. The van der Waals surface area contributed by atoms with Gasteiger partial charge in [-0.3, -0.25) is 4.79 Å². The van der Waals surface area contributed by atoms with Gasteiger partial charge in [0.25, 0.3) is 0 Å². The van der Waals surface area contributed by atoms with Crippen LogP contribution in [0.2, 0.25) is 0 Å². The first kappa shape index (κ1) is 12.9. The highest BCUT2D eigenvalue weighted by atomic mass is 79.9. The molecule has 2 nitrogen and oxygen atoms in total. The van der Waals surface area contributed by atoms with Crippen LogP contribution in [0.1, 0.15) is 18.1 Å².